The predicted octanol–water partition coefficient (Wildman–Crippen LogP) is 3.89. The van der Waals surface area contributed by atoms with Gasteiger partial charge in [0.2, 0.25) is 0 Å². The van der Waals surface area contributed by atoms with Crippen molar-refractivity contribution in [1.82, 2.24) is 0 Å². The third kappa shape index (κ3) is 0.822. The van der Waals surface area contributed by atoms with Crippen molar-refractivity contribution in [2.75, 3.05) is 0 Å². The van der Waals surface area contributed by atoms with Crippen LogP contribution >= 0.6 is 0 Å². The summed E-state index contributed by atoms with van der Waals surface area (Å²) in [6, 6.07) is 8.97. The molecule has 0 bridgehead atoms. The van der Waals surface area contributed by atoms with Crippen LogP contribution in [-0.2, 0) is 6.42 Å². The van der Waals surface area contributed by atoms with E-state index in [1.807, 2.05) is 0 Å². The van der Waals surface area contributed by atoms with Gasteiger partial charge in [-0.1, -0.05) is 48.6 Å². The second kappa shape index (κ2) is 2.40. The minimum Gasteiger partial charge on any atom is -0.0795 e. The van der Waals surface area contributed by atoms with Crippen molar-refractivity contribution in [2.24, 2.45) is 0 Å². The van der Waals surface area contributed by atoms with Gasteiger partial charge in [0, 0.05) is 0 Å². The van der Waals surface area contributed by atoms with E-state index in [-0.39, 0.29) is 0 Å². The first kappa shape index (κ1) is 7.47. The van der Waals surface area contributed by atoms with Crippen LogP contribution in [0.15, 0.2) is 30.3 Å². The summed E-state index contributed by atoms with van der Waals surface area (Å²) in [6.07, 6.45) is 10.0. The van der Waals surface area contributed by atoms with Gasteiger partial charge in [-0.05, 0) is 39.4 Å². The molecule has 15 heavy (non-hydrogen) atoms. The van der Waals surface area contributed by atoms with Crippen LogP contribution in [-0.4, -0.2) is 0 Å². The second-order valence-electron chi connectivity index (χ2n) is 4.25. The van der Waals surface area contributed by atoms with E-state index >= 15 is 0 Å². The van der Waals surface area contributed by atoms with E-state index in [0.717, 1.165) is 6.42 Å². The van der Waals surface area contributed by atoms with Gasteiger partial charge in [-0.25, -0.2) is 0 Å². The zero-order valence-corrected chi connectivity index (χ0v) is 8.33. The maximum absolute atomic E-state index is 2.27. The first-order chi connectivity index (χ1) is 7.43. The van der Waals surface area contributed by atoms with Crippen LogP contribution in [0.5, 0.6) is 0 Å². The molecular weight excluding hydrogens is 180 g/mol. The molecule has 0 fully saturated rings. The molecule has 0 radical (unpaired) electrons. The molecule has 0 aromatic heterocycles. The van der Waals surface area contributed by atoms with Gasteiger partial charge in [0.25, 0.3) is 0 Å². The van der Waals surface area contributed by atoms with E-state index in [2.05, 4.69) is 48.6 Å². The molecule has 4 rings (SSSR count). The lowest BCUT2D eigenvalue weighted by atomic mass is 9.90. The van der Waals surface area contributed by atoms with E-state index < -0.39 is 0 Å². The van der Waals surface area contributed by atoms with Crippen LogP contribution in [0.2, 0.25) is 0 Å². The molecule has 0 amide bonds. The van der Waals surface area contributed by atoms with Gasteiger partial charge in [-0.3, -0.25) is 0 Å². The normalized spacial score (nSPS) is 15.2. The summed E-state index contributed by atoms with van der Waals surface area (Å²) in [7, 11) is 0. The number of hydrogen-bond acceptors (Lipinski definition) is 0. The van der Waals surface area contributed by atoms with Gasteiger partial charge in [0.05, 0.1) is 0 Å². The standard InChI is InChI=1S/C15H10/c1-2-10-4-6-12-8-9-13-7-5-11(3-1)14(10)15(12)13/h1-2,4-9H,3H2. The smallest absolute Gasteiger partial charge is 0.00299 e. The second-order valence-corrected chi connectivity index (χ2v) is 4.25. The molecule has 0 unspecified atom stereocenters. The maximum atomic E-state index is 2.27. The van der Waals surface area contributed by atoms with E-state index in [9.17, 15) is 0 Å². The number of hydrogen-bond donors (Lipinski definition) is 0. The van der Waals surface area contributed by atoms with Crippen molar-refractivity contribution in [3.05, 3.63) is 52.6 Å². The molecule has 2 aliphatic carbocycles. The fourth-order valence-corrected chi connectivity index (χ4v) is 2.73. The molecule has 0 N–H and O–H groups in total. The lowest BCUT2D eigenvalue weighted by molar-refractivity contribution is 1.29. The molecule has 2 aliphatic rings. The highest BCUT2D eigenvalue weighted by Crippen LogP contribution is 2.37. The van der Waals surface area contributed by atoms with Crippen molar-refractivity contribution in [3.8, 4) is 0 Å². The van der Waals surface area contributed by atoms with Crippen LogP contribution in [0.4, 0.5) is 0 Å². The van der Waals surface area contributed by atoms with Crippen LogP contribution in [0, 0.1) is 0 Å². The Morgan fingerprint density at radius 3 is 2.13 bits per heavy atom. The highest BCUT2D eigenvalue weighted by Gasteiger charge is 2.15. The Morgan fingerprint density at radius 1 is 0.667 bits per heavy atom. The minimum absolute atomic E-state index is 1.08. The Bertz CT molecular complexity index is 630. The molecule has 0 aliphatic heterocycles. The summed E-state index contributed by atoms with van der Waals surface area (Å²) < 4.78 is 0. The first-order valence-corrected chi connectivity index (χ1v) is 5.37. The SMILES string of the molecule is C1=Cc2ccc3c4c(ccc(c24)C1)C=C3. The molecule has 0 nitrogen and oxygen atoms in total. The molecule has 0 spiro atoms. The van der Waals surface area contributed by atoms with Crippen molar-refractivity contribution in [3.63, 3.8) is 0 Å². The van der Waals surface area contributed by atoms with E-state index in [1.54, 1.807) is 0 Å². The Labute approximate surface area is 88.5 Å². The van der Waals surface area contributed by atoms with Gasteiger partial charge in [0.1, 0.15) is 0 Å². The van der Waals surface area contributed by atoms with Gasteiger partial charge >= 0.3 is 0 Å². The molecule has 0 heterocycles. The van der Waals surface area contributed by atoms with Gasteiger partial charge in [-0.15, -0.1) is 0 Å². The Hall–Kier alpha value is -1.82. The number of allylic oxidation sites excluding steroid dienone is 1. The lowest BCUT2D eigenvalue weighted by Crippen LogP contribution is -1.94. The highest BCUT2D eigenvalue weighted by atomic mass is 14.2. The summed E-state index contributed by atoms with van der Waals surface area (Å²) in [4.78, 5) is 0. The predicted molar refractivity (Wildman–Crippen MR) is 65.6 cm³/mol. The first-order valence-electron chi connectivity index (χ1n) is 5.37. The Kier molecular flexibility index (Phi) is 1.20. The molecule has 70 valence electrons. The molecule has 2 aromatic carbocycles. The highest BCUT2D eigenvalue weighted by molar-refractivity contribution is 6.09. The van der Waals surface area contributed by atoms with E-state index in [1.165, 1.54) is 33.0 Å². The molecule has 0 saturated carbocycles. The van der Waals surface area contributed by atoms with Crippen molar-refractivity contribution >= 4 is 29.0 Å². The summed E-state index contributed by atoms with van der Waals surface area (Å²) in [5.74, 6) is 0. The summed E-state index contributed by atoms with van der Waals surface area (Å²) in [6.45, 7) is 0. The molecule has 0 saturated heterocycles. The van der Waals surface area contributed by atoms with Crippen LogP contribution in [0.3, 0.4) is 0 Å². The topological polar surface area (TPSA) is 0 Å². The van der Waals surface area contributed by atoms with Crippen molar-refractivity contribution in [2.45, 2.75) is 6.42 Å². The number of rotatable bonds is 0. The number of benzene rings is 2. The zero-order chi connectivity index (χ0) is 9.83. The minimum atomic E-state index is 1.08. The quantitative estimate of drug-likeness (QED) is 0.504. The largest absolute Gasteiger partial charge is 0.0795 e. The fraction of sp³-hybridized carbons (Fsp3) is 0.0667. The summed E-state index contributed by atoms with van der Waals surface area (Å²) >= 11 is 0. The fourth-order valence-electron chi connectivity index (χ4n) is 2.73. The molecular formula is C15H10. The van der Waals surface area contributed by atoms with Gasteiger partial charge in [0.15, 0.2) is 0 Å². The third-order valence-electron chi connectivity index (χ3n) is 3.42. The Balaban J connectivity index is 2.34. The van der Waals surface area contributed by atoms with Crippen LogP contribution in [0.25, 0.3) is 29.0 Å². The molecule has 0 atom stereocenters. The zero-order valence-electron chi connectivity index (χ0n) is 8.33. The van der Waals surface area contributed by atoms with E-state index in [4.69, 9.17) is 0 Å². The maximum Gasteiger partial charge on any atom is -0.00299 e. The van der Waals surface area contributed by atoms with Crippen molar-refractivity contribution in [1.29, 1.82) is 0 Å². The van der Waals surface area contributed by atoms with Crippen LogP contribution < -0.4 is 0 Å². The lowest BCUT2D eigenvalue weighted by Gasteiger charge is -2.14. The Morgan fingerprint density at radius 2 is 1.33 bits per heavy atom. The van der Waals surface area contributed by atoms with Crippen molar-refractivity contribution < 1.29 is 0 Å². The van der Waals surface area contributed by atoms with E-state index in [0.29, 0.717) is 0 Å². The monoisotopic (exact) mass is 190 g/mol. The summed E-state index contributed by atoms with van der Waals surface area (Å²) in [5.41, 5.74) is 5.60. The van der Waals surface area contributed by atoms with Gasteiger partial charge in [-0.2, -0.15) is 0 Å². The summed E-state index contributed by atoms with van der Waals surface area (Å²) in [5, 5.41) is 2.92. The average molecular weight is 190 g/mol. The van der Waals surface area contributed by atoms with Crippen LogP contribution in [0.1, 0.15) is 22.3 Å². The molecule has 0 heteroatoms. The van der Waals surface area contributed by atoms with Gasteiger partial charge < -0.3 is 0 Å². The molecule has 2 aromatic rings. The third-order valence-corrected chi connectivity index (χ3v) is 3.42. The average Bonchev–Trinajstić information content (AvgIpc) is 2.71.